The summed E-state index contributed by atoms with van der Waals surface area (Å²) in [6, 6.07) is 10.6. The number of nitrogens with zero attached hydrogens (tertiary/aromatic N) is 1. The molecule has 1 N–H and O–H groups in total. The Hall–Kier alpha value is -2.74. The molecule has 0 unspecified atom stereocenters. The van der Waals surface area contributed by atoms with Crippen LogP contribution in [0.5, 0.6) is 0 Å². The maximum Gasteiger partial charge on any atom is 0.270 e. The summed E-state index contributed by atoms with van der Waals surface area (Å²) in [7, 11) is -3.96. The minimum Gasteiger partial charge on any atom is -0.298 e. The van der Waals surface area contributed by atoms with Crippen LogP contribution >= 0.6 is 0 Å². The van der Waals surface area contributed by atoms with Gasteiger partial charge in [0, 0.05) is 23.4 Å². The number of rotatable bonds is 5. The van der Waals surface area contributed by atoms with E-state index in [0.717, 1.165) is 6.07 Å². The number of hydrogen-bond acceptors (Lipinski definition) is 5. The molecular formula is C13H10N2O5S. The van der Waals surface area contributed by atoms with Crippen molar-refractivity contribution in [1.82, 2.24) is 0 Å². The second kappa shape index (κ2) is 5.71. The Bertz CT molecular complexity index is 802. The van der Waals surface area contributed by atoms with Gasteiger partial charge in [-0.15, -0.1) is 0 Å². The van der Waals surface area contributed by atoms with Gasteiger partial charge in [0.25, 0.3) is 15.7 Å². The predicted molar refractivity (Wildman–Crippen MR) is 75.7 cm³/mol. The van der Waals surface area contributed by atoms with Gasteiger partial charge in [-0.05, 0) is 18.2 Å². The second-order valence-corrected chi connectivity index (χ2v) is 5.79. The molecule has 0 amide bonds. The van der Waals surface area contributed by atoms with Gasteiger partial charge in [-0.25, -0.2) is 8.42 Å². The van der Waals surface area contributed by atoms with Gasteiger partial charge >= 0.3 is 0 Å². The van der Waals surface area contributed by atoms with Crippen LogP contribution in [0.2, 0.25) is 0 Å². The summed E-state index contributed by atoms with van der Waals surface area (Å²) in [6.07, 6.45) is 0.588. The van der Waals surface area contributed by atoms with Crippen molar-refractivity contribution in [2.45, 2.75) is 4.90 Å². The van der Waals surface area contributed by atoms with Gasteiger partial charge in [0.2, 0.25) is 0 Å². The van der Waals surface area contributed by atoms with Gasteiger partial charge < -0.3 is 0 Å². The number of benzene rings is 2. The minimum atomic E-state index is -3.96. The molecule has 108 valence electrons. The van der Waals surface area contributed by atoms with Crippen molar-refractivity contribution in [3.63, 3.8) is 0 Å². The summed E-state index contributed by atoms with van der Waals surface area (Å²) in [5.41, 5.74) is 0.194. The van der Waals surface area contributed by atoms with Gasteiger partial charge in [0.1, 0.15) is 6.29 Å². The first kappa shape index (κ1) is 14.7. The van der Waals surface area contributed by atoms with Gasteiger partial charge in [-0.3, -0.25) is 19.6 Å². The minimum absolute atomic E-state index is 0.200. The Morgan fingerprint density at radius 1 is 1.10 bits per heavy atom. The van der Waals surface area contributed by atoms with Crippen LogP contribution in [-0.2, 0) is 10.0 Å². The molecule has 0 aliphatic heterocycles. The number of carbonyl (C=O) groups is 1. The highest BCUT2D eigenvalue weighted by molar-refractivity contribution is 7.92. The van der Waals surface area contributed by atoms with Crippen molar-refractivity contribution in [3.05, 3.63) is 64.2 Å². The van der Waals surface area contributed by atoms with E-state index in [2.05, 4.69) is 4.72 Å². The molecule has 0 atom stereocenters. The van der Waals surface area contributed by atoms with E-state index in [1.165, 1.54) is 42.5 Å². The van der Waals surface area contributed by atoms with E-state index in [1.807, 2.05) is 0 Å². The van der Waals surface area contributed by atoms with E-state index < -0.39 is 14.9 Å². The van der Waals surface area contributed by atoms with Crippen LogP contribution in [0.15, 0.2) is 53.4 Å². The fourth-order valence-corrected chi connectivity index (χ4v) is 2.74. The molecule has 0 bridgehead atoms. The van der Waals surface area contributed by atoms with E-state index in [1.54, 1.807) is 0 Å². The molecule has 0 aromatic heterocycles. The number of anilines is 1. The van der Waals surface area contributed by atoms with Crippen LogP contribution in [0.4, 0.5) is 11.4 Å². The molecule has 8 heteroatoms. The zero-order valence-electron chi connectivity index (χ0n) is 10.6. The lowest BCUT2D eigenvalue weighted by Crippen LogP contribution is -2.13. The third kappa shape index (κ3) is 3.42. The molecule has 2 rings (SSSR count). The maximum absolute atomic E-state index is 12.2. The van der Waals surface area contributed by atoms with Crippen LogP contribution in [0.3, 0.4) is 0 Å². The van der Waals surface area contributed by atoms with Gasteiger partial charge in [0.15, 0.2) is 0 Å². The first-order valence-corrected chi connectivity index (χ1v) is 7.23. The molecule has 0 heterocycles. The maximum atomic E-state index is 12.2. The lowest BCUT2D eigenvalue weighted by molar-refractivity contribution is -0.385. The average Bonchev–Trinajstić information content (AvgIpc) is 2.47. The molecule has 0 spiro atoms. The molecular weight excluding hydrogens is 296 g/mol. The van der Waals surface area contributed by atoms with E-state index in [-0.39, 0.29) is 16.3 Å². The van der Waals surface area contributed by atoms with Crippen molar-refractivity contribution < 1.29 is 18.1 Å². The lowest BCUT2D eigenvalue weighted by atomic mass is 10.2. The van der Waals surface area contributed by atoms with E-state index in [4.69, 9.17) is 0 Å². The molecule has 2 aromatic carbocycles. The average molecular weight is 306 g/mol. The number of nitro benzene ring substituents is 1. The Balaban J connectivity index is 2.35. The summed E-state index contributed by atoms with van der Waals surface area (Å²) in [6.45, 7) is 0. The first-order valence-electron chi connectivity index (χ1n) is 5.75. The van der Waals surface area contributed by atoms with Crippen molar-refractivity contribution in [1.29, 1.82) is 0 Å². The standard InChI is InChI=1S/C13H10N2O5S/c16-9-10-3-1-4-11(7-10)14-21(19,20)13-6-2-5-12(8-13)15(17)18/h1-9,14H. The predicted octanol–water partition coefficient (Wildman–Crippen LogP) is 2.21. The van der Waals surface area contributed by atoms with Crippen LogP contribution in [-0.4, -0.2) is 19.6 Å². The quantitative estimate of drug-likeness (QED) is 0.518. The molecule has 7 nitrogen and oxygen atoms in total. The van der Waals surface area contributed by atoms with Gasteiger partial charge in [0.05, 0.1) is 9.82 Å². The second-order valence-electron chi connectivity index (χ2n) is 4.10. The summed E-state index contributed by atoms with van der Waals surface area (Å²) in [5.74, 6) is 0. The van der Waals surface area contributed by atoms with E-state index >= 15 is 0 Å². The van der Waals surface area contributed by atoms with Crippen LogP contribution < -0.4 is 4.72 Å². The lowest BCUT2D eigenvalue weighted by Gasteiger charge is -2.08. The number of nitrogens with one attached hydrogen (secondary N) is 1. The Labute approximate surface area is 120 Å². The van der Waals surface area contributed by atoms with Crippen LogP contribution in [0.1, 0.15) is 10.4 Å². The van der Waals surface area contributed by atoms with Gasteiger partial charge in [-0.1, -0.05) is 18.2 Å². The zero-order chi connectivity index (χ0) is 15.5. The highest BCUT2D eigenvalue weighted by Gasteiger charge is 2.17. The third-order valence-corrected chi connectivity index (χ3v) is 3.99. The number of nitro groups is 1. The molecule has 0 radical (unpaired) electrons. The fraction of sp³-hybridized carbons (Fsp3) is 0. The Kier molecular flexibility index (Phi) is 3.99. The Morgan fingerprint density at radius 2 is 1.81 bits per heavy atom. The molecule has 21 heavy (non-hydrogen) atoms. The molecule has 0 fully saturated rings. The van der Waals surface area contributed by atoms with Crippen LogP contribution in [0, 0.1) is 10.1 Å². The normalized spacial score (nSPS) is 10.9. The summed E-state index contributed by atoms with van der Waals surface area (Å²) < 4.78 is 26.6. The van der Waals surface area contributed by atoms with Crippen LogP contribution in [0.25, 0.3) is 0 Å². The highest BCUT2D eigenvalue weighted by Crippen LogP contribution is 2.20. The zero-order valence-corrected chi connectivity index (χ0v) is 11.4. The largest absolute Gasteiger partial charge is 0.298 e. The van der Waals surface area contributed by atoms with Crippen molar-refractivity contribution in [2.24, 2.45) is 0 Å². The smallest absolute Gasteiger partial charge is 0.270 e. The summed E-state index contributed by atoms with van der Waals surface area (Å²) >= 11 is 0. The summed E-state index contributed by atoms with van der Waals surface area (Å²) in [5, 5.41) is 10.7. The molecule has 2 aromatic rings. The molecule has 0 aliphatic rings. The number of sulfonamides is 1. The fourth-order valence-electron chi connectivity index (χ4n) is 1.65. The number of non-ortho nitro benzene ring substituents is 1. The van der Waals surface area contributed by atoms with Gasteiger partial charge in [-0.2, -0.15) is 0 Å². The Morgan fingerprint density at radius 3 is 2.48 bits per heavy atom. The summed E-state index contributed by atoms with van der Waals surface area (Å²) in [4.78, 5) is 20.4. The van der Waals surface area contributed by atoms with Crippen molar-refractivity contribution >= 4 is 27.7 Å². The highest BCUT2D eigenvalue weighted by atomic mass is 32.2. The molecule has 0 saturated carbocycles. The number of carbonyl (C=O) groups excluding carboxylic acids is 1. The molecule has 0 aliphatic carbocycles. The van der Waals surface area contributed by atoms with Crippen molar-refractivity contribution in [2.75, 3.05) is 4.72 Å². The molecule has 0 saturated heterocycles. The number of hydrogen-bond donors (Lipinski definition) is 1. The third-order valence-electron chi connectivity index (χ3n) is 2.61. The van der Waals surface area contributed by atoms with E-state index in [0.29, 0.717) is 11.8 Å². The topological polar surface area (TPSA) is 106 Å². The van der Waals surface area contributed by atoms with Crippen molar-refractivity contribution in [3.8, 4) is 0 Å². The first-order chi connectivity index (χ1) is 9.92. The van der Waals surface area contributed by atoms with E-state index in [9.17, 15) is 23.3 Å². The number of aldehydes is 1. The monoisotopic (exact) mass is 306 g/mol. The SMILES string of the molecule is O=Cc1cccc(NS(=O)(=O)c2cccc([N+](=O)[O-])c2)c1.